The molecule has 1 amide bonds. The number of hydrogen-bond acceptors (Lipinski definition) is 2. The number of rotatable bonds is 4. The standard InChI is InChI=1S/C11H20BrNO2/c1-2-3-8-13-11(14)15-10-7-5-4-6-9(10)12/h9-10H,2-8H2,1H3,(H,13,14). The molecule has 0 aliphatic heterocycles. The Labute approximate surface area is 100 Å². The van der Waals surface area contributed by atoms with Crippen LogP contribution in [0, 0.1) is 0 Å². The second-order valence-corrected chi connectivity index (χ2v) is 5.20. The summed E-state index contributed by atoms with van der Waals surface area (Å²) in [6.07, 6.45) is 6.37. The molecule has 1 N–H and O–H groups in total. The van der Waals surface area contributed by atoms with Crippen molar-refractivity contribution in [3.63, 3.8) is 0 Å². The molecule has 2 atom stereocenters. The van der Waals surface area contributed by atoms with Gasteiger partial charge in [0.15, 0.2) is 0 Å². The van der Waals surface area contributed by atoms with E-state index >= 15 is 0 Å². The van der Waals surface area contributed by atoms with Crippen LogP contribution in [0.3, 0.4) is 0 Å². The summed E-state index contributed by atoms with van der Waals surface area (Å²) in [6.45, 7) is 2.82. The van der Waals surface area contributed by atoms with E-state index in [1.807, 2.05) is 0 Å². The van der Waals surface area contributed by atoms with E-state index in [9.17, 15) is 4.79 Å². The molecule has 1 rings (SSSR count). The molecule has 4 heteroatoms. The van der Waals surface area contributed by atoms with E-state index in [2.05, 4.69) is 28.2 Å². The van der Waals surface area contributed by atoms with Crippen LogP contribution in [0.2, 0.25) is 0 Å². The van der Waals surface area contributed by atoms with Gasteiger partial charge in [-0.3, -0.25) is 0 Å². The molecule has 88 valence electrons. The normalized spacial score (nSPS) is 26.0. The summed E-state index contributed by atoms with van der Waals surface area (Å²) in [5.74, 6) is 0. The van der Waals surface area contributed by atoms with Gasteiger partial charge in [-0.2, -0.15) is 0 Å². The van der Waals surface area contributed by atoms with Gasteiger partial charge < -0.3 is 10.1 Å². The minimum absolute atomic E-state index is 0.0559. The van der Waals surface area contributed by atoms with Gasteiger partial charge in [0.2, 0.25) is 0 Å². The second kappa shape index (κ2) is 7.09. The van der Waals surface area contributed by atoms with Gasteiger partial charge in [0.05, 0.1) is 4.83 Å². The van der Waals surface area contributed by atoms with Crippen LogP contribution >= 0.6 is 15.9 Å². The third-order valence-electron chi connectivity index (χ3n) is 2.68. The first-order valence-electron chi connectivity index (χ1n) is 5.82. The summed E-state index contributed by atoms with van der Waals surface area (Å²) < 4.78 is 5.35. The van der Waals surface area contributed by atoms with Gasteiger partial charge >= 0.3 is 6.09 Å². The summed E-state index contributed by atoms with van der Waals surface area (Å²) >= 11 is 3.56. The molecular weight excluding hydrogens is 258 g/mol. The molecule has 0 radical (unpaired) electrons. The zero-order valence-electron chi connectivity index (χ0n) is 9.30. The molecule has 2 unspecified atom stereocenters. The van der Waals surface area contributed by atoms with Crippen LogP contribution in [0.5, 0.6) is 0 Å². The highest BCUT2D eigenvalue weighted by molar-refractivity contribution is 9.09. The summed E-state index contributed by atoms with van der Waals surface area (Å²) in [4.78, 5) is 11.7. The SMILES string of the molecule is CCCCNC(=O)OC1CCCCC1Br. The van der Waals surface area contributed by atoms with Crippen molar-refractivity contribution < 1.29 is 9.53 Å². The number of alkyl halides is 1. The van der Waals surface area contributed by atoms with Gasteiger partial charge in [0.1, 0.15) is 6.10 Å². The van der Waals surface area contributed by atoms with Crippen molar-refractivity contribution in [2.75, 3.05) is 6.54 Å². The predicted octanol–water partition coefficient (Wildman–Crippen LogP) is 3.22. The third-order valence-corrected chi connectivity index (χ3v) is 3.73. The molecule has 1 fully saturated rings. The average Bonchev–Trinajstić information content (AvgIpc) is 2.22. The van der Waals surface area contributed by atoms with E-state index < -0.39 is 0 Å². The molecule has 0 aromatic heterocycles. The lowest BCUT2D eigenvalue weighted by Gasteiger charge is -2.27. The number of ether oxygens (including phenoxy) is 1. The zero-order valence-corrected chi connectivity index (χ0v) is 10.9. The molecule has 15 heavy (non-hydrogen) atoms. The summed E-state index contributed by atoms with van der Waals surface area (Å²) in [6, 6.07) is 0. The topological polar surface area (TPSA) is 38.3 Å². The maximum Gasteiger partial charge on any atom is 0.407 e. The van der Waals surface area contributed by atoms with Gasteiger partial charge in [0, 0.05) is 6.54 Å². The molecule has 1 aliphatic rings. The van der Waals surface area contributed by atoms with Crippen LogP contribution in [-0.4, -0.2) is 23.6 Å². The number of carbonyl (C=O) groups excluding carboxylic acids is 1. The third kappa shape index (κ3) is 4.87. The molecule has 0 spiro atoms. The number of carbonyl (C=O) groups is 1. The zero-order chi connectivity index (χ0) is 11.1. The lowest BCUT2D eigenvalue weighted by molar-refractivity contribution is 0.0804. The first kappa shape index (κ1) is 12.8. The molecule has 1 aliphatic carbocycles. The van der Waals surface area contributed by atoms with E-state index in [4.69, 9.17) is 4.74 Å². The summed E-state index contributed by atoms with van der Waals surface area (Å²) in [5, 5.41) is 2.77. The number of halogens is 1. The number of alkyl carbamates (subject to hydrolysis) is 1. The highest BCUT2D eigenvalue weighted by atomic mass is 79.9. The van der Waals surface area contributed by atoms with Crippen molar-refractivity contribution in [1.82, 2.24) is 5.32 Å². The fourth-order valence-electron chi connectivity index (χ4n) is 1.73. The largest absolute Gasteiger partial charge is 0.445 e. The highest BCUT2D eigenvalue weighted by Crippen LogP contribution is 2.26. The Hall–Kier alpha value is -0.250. The Kier molecular flexibility index (Phi) is 6.06. The highest BCUT2D eigenvalue weighted by Gasteiger charge is 2.25. The van der Waals surface area contributed by atoms with Crippen molar-refractivity contribution >= 4 is 22.0 Å². The first-order chi connectivity index (χ1) is 7.24. The van der Waals surface area contributed by atoms with E-state index in [-0.39, 0.29) is 12.2 Å². The summed E-state index contributed by atoms with van der Waals surface area (Å²) in [7, 11) is 0. The van der Waals surface area contributed by atoms with Crippen molar-refractivity contribution in [3.8, 4) is 0 Å². The van der Waals surface area contributed by atoms with Crippen molar-refractivity contribution in [1.29, 1.82) is 0 Å². The van der Waals surface area contributed by atoms with E-state index in [1.54, 1.807) is 0 Å². The van der Waals surface area contributed by atoms with Gasteiger partial charge in [-0.15, -0.1) is 0 Å². The lowest BCUT2D eigenvalue weighted by atomic mass is 9.98. The van der Waals surface area contributed by atoms with E-state index in [0.717, 1.165) is 38.6 Å². The van der Waals surface area contributed by atoms with Crippen LogP contribution in [0.25, 0.3) is 0 Å². The lowest BCUT2D eigenvalue weighted by Crippen LogP contribution is -2.35. The number of hydrogen-bond donors (Lipinski definition) is 1. The monoisotopic (exact) mass is 277 g/mol. The van der Waals surface area contributed by atoms with Crippen LogP contribution in [0.4, 0.5) is 4.79 Å². The van der Waals surface area contributed by atoms with E-state index in [1.165, 1.54) is 6.42 Å². The Bertz CT molecular complexity index is 199. The molecule has 0 heterocycles. The van der Waals surface area contributed by atoms with Gasteiger partial charge in [0.25, 0.3) is 0 Å². The first-order valence-corrected chi connectivity index (χ1v) is 6.74. The quantitative estimate of drug-likeness (QED) is 0.633. The van der Waals surface area contributed by atoms with Crippen molar-refractivity contribution in [2.45, 2.75) is 56.4 Å². The maximum absolute atomic E-state index is 11.4. The van der Waals surface area contributed by atoms with Crippen molar-refractivity contribution in [3.05, 3.63) is 0 Å². The van der Waals surface area contributed by atoms with Gasteiger partial charge in [-0.1, -0.05) is 35.7 Å². The minimum atomic E-state index is -0.264. The summed E-state index contributed by atoms with van der Waals surface area (Å²) in [5.41, 5.74) is 0. The van der Waals surface area contributed by atoms with E-state index in [0.29, 0.717) is 4.83 Å². The maximum atomic E-state index is 11.4. The predicted molar refractivity (Wildman–Crippen MR) is 64.4 cm³/mol. The number of amides is 1. The smallest absolute Gasteiger partial charge is 0.407 e. The minimum Gasteiger partial charge on any atom is -0.445 e. The molecule has 0 saturated heterocycles. The molecule has 0 bridgehead atoms. The van der Waals surface area contributed by atoms with Gasteiger partial charge in [-0.25, -0.2) is 4.79 Å². The Morgan fingerprint density at radius 2 is 2.20 bits per heavy atom. The van der Waals surface area contributed by atoms with Crippen molar-refractivity contribution in [2.24, 2.45) is 0 Å². The number of nitrogens with one attached hydrogen (secondary N) is 1. The Balaban J connectivity index is 2.18. The number of unbranched alkanes of at least 4 members (excludes halogenated alkanes) is 1. The molecule has 0 aromatic rings. The van der Waals surface area contributed by atoms with Crippen LogP contribution in [-0.2, 0) is 4.74 Å². The Morgan fingerprint density at radius 1 is 1.47 bits per heavy atom. The Morgan fingerprint density at radius 3 is 2.87 bits per heavy atom. The second-order valence-electron chi connectivity index (χ2n) is 4.02. The molecule has 3 nitrogen and oxygen atoms in total. The fourth-order valence-corrected chi connectivity index (χ4v) is 2.43. The van der Waals surface area contributed by atoms with Crippen LogP contribution in [0.15, 0.2) is 0 Å². The van der Waals surface area contributed by atoms with Gasteiger partial charge in [-0.05, 0) is 25.7 Å². The molecule has 1 saturated carbocycles. The fraction of sp³-hybridized carbons (Fsp3) is 0.909. The molecule has 0 aromatic carbocycles. The van der Waals surface area contributed by atoms with Crippen LogP contribution < -0.4 is 5.32 Å². The molecular formula is C11H20BrNO2. The average molecular weight is 278 g/mol. The van der Waals surface area contributed by atoms with Crippen LogP contribution in [0.1, 0.15) is 45.4 Å².